The van der Waals surface area contributed by atoms with Gasteiger partial charge in [0.2, 0.25) is 0 Å². The van der Waals surface area contributed by atoms with E-state index in [1.54, 1.807) is 6.07 Å². The van der Waals surface area contributed by atoms with E-state index in [0.717, 1.165) is 30.9 Å². The van der Waals surface area contributed by atoms with Crippen LogP contribution in [0.3, 0.4) is 0 Å². The number of primary amides is 1. The van der Waals surface area contributed by atoms with Crippen LogP contribution in [0.25, 0.3) is 11.0 Å². The van der Waals surface area contributed by atoms with Crippen molar-refractivity contribution in [2.24, 2.45) is 5.73 Å². The molecule has 0 bridgehead atoms. The first-order chi connectivity index (χ1) is 12.2. The summed E-state index contributed by atoms with van der Waals surface area (Å²) in [5.41, 5.74) is 7.94. The Labute approximate surface area is 145 Å². The maximum absolute atomic E-state index is 11.1. The minimum atomic E-state index is -0.832. The quantitative estimate of drug-likeness (QED) is 0.685. The van der Waals surface area contributed by atoms with E-state index >= 15 is 0 Å². The Morgan fingerprint density at radius 3 is 2.76 bits per heavy atom. The molecule has 2 heterocycles. The van der Waals surface area contributed by atoms with Gasteiger partial charge in [0.25, 0.3) is 0 Å². The molecule has 2 aromatic carbocycles. The summed E-state index contributed by atoms with van der Waals surface area (Å²) in [6.45, 7) is 1.87. The zero-order chi connectivity index (χ0) is 17.2. The molecule has 2 atom stereocenters. The van der Waals surface area contributed by atoms with Gasteiger partial charge in [0.1, 0.15) is 11.3 Å². The molecule has 1 aliphatic heterocycles. The summed E-state index contributed by atoms with van der Waals surface area (Å²) in [6, 6.07) is 15.9. The topological polar surface area (TPSA) is 93.0 Å². The van der Waals surface area contributed by atoms with Crippen molar-refractivity contribution in [3.63, 3.8) is 0 Å². The lowest BCUT2D eigenvalue weighted by atomic mass is 9.81. The number of piperidine rings is 1. The monoisotopic (exact) mass is 336 g/mol. The minimum Gasteiger partial charge on any atom is -0.408 e. The molecule has 0 spiro atoms. The number of rotatable bonds is 3. The number of hydrogen-bond donors (Lipinski definition) is 3. The van der Waals surface area contributed by atoms with E-state index in [9.17, 15) is 4.79 Å². The molecule has 0 aliphatic carbocycles. The maximum Gasteiger partial charge on any atom is 0.410 e. The van der Waals surface area contributed by atoms with Crippen LogP contribution in [0.4, 0.5) is 4.79 Å². The van der Waals surface area contributed by atoms with Gasteiger partial charge in [-0.25, -0.2) is 9.78 Å². The van der Waals surface area contributed by atoms with Crippen molar-refractivity contribution >= 4 is 17.1 Å². The molecule has 4 rings (SSSR count). The fourth-order valence-electron chi connectivity index (χ4n) is 3.63. The fraction of sp³-hybridized carbons (Fsp3) is 0.263. The number of benzene rings is 2. The van der Waals surface area contributed by atoms with Crippen molar-refractivity contribution in [1.29, 1.82) is 0 Å². The molecule has 25 heavy (non-hydrogen) atoms. The van der Waals surface area contributed by atoms with Gasteiger partial charge >= 0.3 is 6.09 Å². The van der Waals surface area contributed by atoms with Crippen LogP contribution in [0, 0.1) is 0 Å². The summed E-state index contributed by atoms with van der Waals surface area (Å²) in [5.74, 6) is 1.93. The van der Waals surface area contributed by atoms with Gasteiger partial charge in [-0.3, -0.25) is 0 Å². The number of H-pyrrole nitrogens is 1. The number of imidazole rings is 1. The van der Waals surface area contributed by atoms with Gasteiger partial charge in [0.05, 0.1) is 5.52 Å². The second kappa shape index (κ2) is 6.57. The Balaban J connectivity index is 1.73. The Morgan fingerprint density at radius 2 is 1.96 bits per heavy atom. The van der Waals surface area contributed by atoms with Crippen LogP contribution >= 0.6 is 0 Å². The van der Waals surface area contributed by atoms with E-state index < -0.39 is 6.09 Å². The van der Waals surface area contributed by atoms with Gasteiger partial charge in [0, 0.05) is 18.4 Å². The van der Waals surface area contributed by atoms with Gasteiger partial charge in [0.15, 0.2) is 5.75 Å². The summed E-state index contributed by atoms with van der Waals surface area (Å²) in [4.78, 5) is 19.3. The molecule has 3 aromatic rings. The number of aromatic nitrogens is 2. The zero-order valence-electron chi connectivity index (χ0n) is 13.7. The van der Waals surface area contributed by atoms with Crippen molar-refractivity contribution in [3.8, 4) is 5.75 Å². The summed E-state index contributed by atoms with van der Waals surface area (Å²) in [6.07, 6.45) is 0.159. The normalized spacial score (nSPS) is 20.5. The van der Waals surface area contributed by atoms with Crippen molar-refractivity contribution in [3.05, 3.63) is 59.9 Å². The third kappa shape index (κ3) is 3.08. The van der Waals surface area contributed by atoms with E-state index in [1.807, 2.05) is 18.2 Å². The largest absolute Gasteiger partial charge is 0.410 e. The molecule has 2 unspecified atom stereocenters. The van der Waals surface area contributed by atoms with Gasteiger partial charge in [-0.1, -0.05) is 36.4 Å². The highest BCUT2D eigenvalue weighted by molar-refractivity contribution is 5.84. The minimum absolute atomic E-state index is 0.275. The first kappa shape index (κ1) is 15.7. The van der Waals surface area contributed by atoms with Crippen molar-refractivity contribution in [1.82, 2.24) is 15.3 Å². The first-order valence-corrected chi connectivity index (χ1v) is 8.44. The van der Waals surface area contributed by atoms with Crippen LogP contribution in [0.15, 0.2) is 48.5 Å². The Bertz CT molecular complexity index is 891. The van der Waals surface area contributed by atoms with E-state index in [-0.39, 0.29) is 5.92 Å². The number of amides is 1. The first-order valence-electron chi connectivity index (χ1n) is 8.44. The van der Waals surface area contributed by atoms with Crippen LogP contribution in [-0.4, -0.2) is 29.2 Å². The van der Waals surface area contributed by atoms with Gasteiger partial charge < -0.3 is 20.8 Å². The predicted octanol–water partition coefficient (Wildman–Crippen LogP) is 2.88. The maximum atomic E-state index is 11.1. The van der Waals surface area contributed by atoms with Gasteiger partial charge in [-0.05, 0) is 30.7 Å². The zero-order valence-corrected chi connectivity index (χ0v) is 13.7. The molecule has 1 amide bonds. The molecular weight excluding hydrogens is 316 g/mol. The molecule has 128 valence electrons. The molecule has 4 N–H and O–H groups in total. The Hall–Kier alpha value is -2.86. The van der Waals surface area contributed by atoms with Crippen LogP contribution in [0.2, 0.25) is 0 Å². The molecule has 6 nitrogen and oxygen atoms in total. The molecule has 1 saturated heterocycles. The average molecular weight is 336 g/mol. The van der Waals surface area contributed by atoms with Crippen molar-refractivity contribution < 1.29 is 9.53 Å². The lowest BCUT2D eigenvalue weighted by Crippen LogP contribution is -2.34. The second-order valence-corrected chi connectivity index (χ2v) is 6.31. The number of nitrogens with one attached hydrogen (secondary N) is 2. The highest BCUT2D eigenvalue weighted by Gasteiger charge is 2.30. The number of nitrogens with two attached hydrogens (primary N) is 1. The predicted molar refractivity (Wildman–Crippen MR) is 95.7 cm³/mol. The van der Waals surface area contributed by atoms with Crippen molar-refractivity contribution in [2.45, 2.75) is 18.3 Å². The summed E-state index contributed by atoms with van der Waals surface area (Å²) < 4.78 is 5.08. The Morgan fingerprint density at radius 1 is 1.12 bits per heavy atom. The second-order valence-electron chi connectivity index (χ2n) is 6.31. The van der Waals surface area contributed by atoms with Gasteiger partial charge in [-0.2, -0.15) is 0 Å². The summed E-state index contributed by atoms with van der Waals surface area (Å²) in [5, 5.41) is 3.48. The van der Waals surface area contributed by atoms with Crippen LogP contribution in [0.1, 0.15) is 29.6 Å². The van der Waals surface area contributed by atoms with E-state index in [0.29, 0.717) is 17.2 Å². The third-order valence-corrected chi connectivity index (χ3v) is 4.77. The molecule has 0 saturated carbocycles. The number of ether oxygens (including phenoxy) is 1. The number of para-hydroxylation sites is 1. The number of aromatic amines is 1. The SMILES string of the molecule is NC(=O)Oc1cccc2[nH]c(C3CCNCC3c3ccccc3)nc12. The number of carbonyl (C=O) groups excluding carboxylic acids is 1. The fourth-order valence-corrected chi connectivity index (χ4v) is 3.63. The molecular formula is C19H20N4O2. The standard InChI is InChI=1S/C19H20N4O2/c20-19(24)25-16-8-4-7-15-17(16)23-18(22-15)13-9-10-21-11-14(13)12-5-2-1-3-6-12/h1-8,13-14,21H,9-11H2,(H2,20,24)(H,22,23). The summed E-state index contributed by atoms with van der Waals surface area (Å²) >= 11 is 0. The number of hydrogen-bond acceptors (Lipinski definition) is 4. The number of nitrogens with zero attached hydrogens (tertiary/aromatic N) is 1. The van der Waals surface area contributed by atoms with Crippen molar-refractivity contribution in [2.75, 3.05) is 13.1 Å². The van der Waals surface area contributed by atoms with E-state index in [4.69, 9.17) is 15.5 Å². The lowest BCUT2D eigenvalue weighted by molar-refractivity contribution is 0.211. The lowest BCUT2D eigenvalue weighted by Gasteiger charge is -2.31. The van der Waals surface area contributed by atoms with Gasteiger partial charge in [-0.15, -0.1) is 0 Å². The Kier molecular flexibility index (Phi) is 4.11. The highest BCUT2D eigenvalue weighted by atomic mass is 16.5. The van der Waals surface area contributed by atoms with Crippen LogP contribution in [-0.2, 0) is 0 Å². The summed E-state index contributed by atoms with van der Waals surface area (Å²) in [7, 11) is 0. The molecule has 0 radical (unpaired) electrons. The molecule has 6 heteroatoms. The molecule has 1 aromatic heterocycles. The van der Waals surface area contributed by atoms with Crippen LogP contribution < -0.4 is 15.8 Å². The van der Waals surface area contributed by atoms with Crippen LogP contribution in [0.5, 0.6) is 5.75 Å². The number of carbonyl (C=O) groups is 1. The van der Waals surface area contributed by atoms with E-state index in [2.05, 4.69) is 34.6 Å². The third-order valence-electron chi connectivity index (χ3n) is 4.77. The smallest absolute Gasteiger partial charge is 0.408 e. The van der Waals surface area contributed by atoms with E-state index in [1.165, 1.54) is 5.56 Å². The average Bonchev–Trinajstić information content (AvgIpc) is 3.07. The number of fused-ring (bicyclic) bond motifs is 1. The molecule has 1 fully saturated rings. The molecule has 1 aliphatic rings. The highest BCUT2D eigenvalue weighted by Crippen LogP contribution is 2.37.